The Morgan fingerprint density at radius 2 is 1.67 bits per heavy atom. The van der Waals surface area contributed by atoms with Gasteiger partial charge in [-0.25, -0.2) is 13.6 Å². The third-order valence-electron chi connectivity index (χ3n) is 7.87. The quantitative estimate of drug-likeness (QED) is 0.642. The van der Waals surface area contributed by atoms with Crippen LogP contribution in [0.2, 0.25) is 0 Å². The lowest BCUT2D eigenvalue weighted by molar-refractivity contribution is -0.131. The van der Waals surface area contributed by atoms with Crippen LogP contribution in [0.4, 0.5) is 13.6 Å². The number of likely N-dealkylation sites (tertiary alicyclic amines) is 2. The van der Waals surface area contributed by atoms with Crippen LogP contribution in [0.1, 0.15) is 46.8 Å². The molecule has 5 rings (SSSR count). The van der Waals surface area contributed by atoms with Crippen molar-refractivity contribution in [1.82, 2.24) is 14.7 Å². The van der Waals surface area contributed by atoms with Gasteiger partial charge in [0.15, 0.2) is 0 Å². The molecule has 190 valence electrons. The molecule has 2 aromatic rings. The van der Waals surface area contributed by atoms with Gasteiger partial charge in [-0.05, 0) is 48.8 Å². The normalized spacial score (nSPS) is 21.2. The number of aryl methyl sites for hydroxylation is 1. The third-order valence-corrected chi connectivity index (χ3v) is 7.87. The molecule has 0 radical (unpaired) electrons. The van der Waals surface area contributed by atoms with E-state index in [1.165, 1.54) is 22.8 Å². The molecule has 0 saturated carbocycles. The summed E-state index contributed by atoms with van der Waals surface area (Å²) in [7, 11) is 0. The molecule has 0 aliphatic carbocycles. The molecule has 3 aliphatic heterocycles. The molecule has 0 aromatic heterocycles. The minimum Gasteiger partial charge on any atom is -0.447 e. The molecule has 9 heteroatoms. The fraction of sp³-hybridized carbons (Fsp3) is 0.444. The van der Waals surface area contributed by atoms with Crippen molar-refractivity contribution in [2.45, 2.75) is 32.2 Å². The summed E-state index contributed by atoms with van der Waals surface area (Å²) in [4.78, 5) is 43.1. The molecule has 1 atom stereocenters. The Hall–Kier alpha value is -3.49. The van der Waals surface area contributed by atoms with Crippen LogP contribution in [-0.4, -0.2) is 71.9 Å². The van der Waals surface area contributed by atoms with Crippen LogP contribution in [0.15, 0.2) is 42.5 Å². The molecule has 36 heavy (non-hydrogen) atoms. The highest BCUT2D eigenvalue weighted by molar-refractivity contribution is 5.95. The summed E-state index contributed by atoms with van der Waals surface area (Å²) in [5.74, 6) is -2.43. The molecule has 0 unspecified atom stereocenters. The van der Waals surface area contributed by atoms with Gasteiger partial charge in [0, 0.05) is 26.2 Å². The van der Waals surface area contributed by atoms with E-state index in [0.29, 0.717) is 39.0 Å². The predicted molar refractivity (Wildman–Crippen MR) is 127 cm³/mol. The topological polar surface area (TPSA) is 70.2 Å². The van der Waals surface area contributed by atoms with Crippen molar-refractivity contribution < 1.29 is 27.9 Å². The minimum atomic E-state index is -0.852. The maximum atomic E-state index is 14.5. The van der Waals surface area contributed by atoms with Gasteiger partial charge in [-0.3, -0.25) is 14.5 Å². The summed E-state index contributed by atoms with van der Waals surface area (Å²) < 4.78 is 33.9. The van der Waals surface area contributed by atoms with Crippen molar-refractivity contribution in [1.29, 1.82) is 0 Å². The van der Waals surface area contributed by atoms with Gasteiger partial charge in [-0.1, -0.05) is 36.4 Å². The average molecular weight is 498 g/mol. The number of nitrogens with zero attached hydrogens (tertiary/aromatic N) is 3. The predicted octanol–water partition coefficient (Wildman–Crippen LogP) is 3.92. The van der Waals surface area contributed by atoms with Crippen molar-refractivity contribution in [2.75, 3.05) is 39.3 Å². The fourth-order valence-corrected chi connectivity index (χ4v) is 5.57. The number of benzene rings is 2. The second-order valence-electron chi connectivity index (χ2n) is 10.0. The van der Waals surface area contributed by atoms with Crippen LogP contribution in [0.5, 0.6) is 0 Å². The van der Waals surface area contributed by atoms with E-state index in [2.05, 4.69) is 0 Å². The molecule has 0 N–H and O–H groups in total. The molecule has 7 nitrogen and oxygen atoms in total. The lowest BCUT2D eigenvalue weighted by Crippen LogP contribution is -2.46. The number of hydrogen-bond donors (Lipinski definition) is 0. The standard InChI is InChI=1S/C27H29F2N3O4/c1-18-7-8-20(28)23(24(18)29)25(34)30-12-9-27(10-13-30)11-14-31(17-27)22(33)15-32-21(16-36-26(32)35)19-5-3-2-4-6-19/h2-8,21H,9-17H2,1H3/t21-/m1/s1. The molecule has 3 fully saturated rings. The second-order valence-corrected chi connectivity index (χ2v) is 10.0. The molecule has 2 aromatic carbocycles. The smallest absolute Gasteiger partial charge is 0.410 e. The van der Waals surface area contributed by atoms with Crippen molar-refractivity contribution in [3.8, 4) is 0 Å². The first-order valence-electron chi connectivity index (χ1n) is 12.3. The first-order valence-corrected chi connectivity index (χ1v) is 12.3. The third kappa shape index (κ3) is 4.42. The fourth-order valence-electron chi connectivity index (χ4n) is 5.57. The molecule has 3 amide bonds. The van der Waals surface area contributed by atoms with Crippen LogP contribution in [0.3, 0.4) is 0 Å². The first-order chi connectivity index (χ1) is 17.3. The molecular formula is C27H29F2N3O4. The van der Waals surface area contributed by atoms with Gasteiger partial charge in [-0.15, -0.1) is 0 Å². The lowest BCUT2D eigenvalue weighted by atomic mass is 9.77. The Bertz CT molecular complexity index is 1180. The monoisotopic (exact) mass is 497 g/mol. The number of carbonyl (C=O) groups is 3. The Labute approximate surface area is 208 Å². The van der Waals surface area contributed by atoms with E-state index in [9.17, 15) is 23.2 Å². The van der Waals surface area contributed by atoms with E-state index in [-0.39, 0.29) is 36.1 Å². The van der Waals surface area contributed by atoms with Gasteiger partial charge in [0.1, 0.15) is 30.3 Å². The van der Waals surface area contributed by atoms with E-state index in [1.54, 1.807) is 4.90 Å². The van der Waals surface area contributed by atoms with Crippen LogP contribution in [0, 0.1) is 24.0 Å². The number of ether oxygens (including phenoxy) is 1. The highest BCUT2D eigenvalue weighted by Crippen LogP contribution is 2.41. The zero-order chi connectivity index (χ0) is 25.4. The summed E-state index contributed by atoms with van der Waals surface area (Å²) in [6.07, 6.45) is 1.60. The first kappa shape index (κ1) is 24.2. The highest BCUT2D eigenvalue weighted by atomic mass is 19.1. The van der Waals surface area contributed by atoms with Crippen LogP contribution < -0.4 is 0 Å². The van der Waals surface area contributed by atoms with E-state index < -0.39 is 29.2 Å². The zero-order valence-corrected chi connectivity index (χ0v) is 20.2. The Balaban J connectivity index is 1.20. The van der Waals surface area contributed by atoms with Gasteiger partial charge in [0.05, 0.1) is 6.04 Å². The van der Waals surface area contributed by atoms with Crippen molar-refractivity contribution in [3.63, 3.8) is 0 Å². The summed E-state index contributed by atoms with van der Waals surface area (Å²) in [5, 5.41) is 0. The number of halogens is 2. The maximum absolute atomic E-state index is 14.5. The number of piperidine rings is 1. The van der Waals surface area contributed by atoms with Gasteiger partial charge in [-0.2, -0.15) is 0 Å². The van der Waals surface area contributed by atoms with Crippen LogP contribution >= 0.6 is 0 Å². The summed E-state index contributed by atoms with van der Waals surface area (Å²) in [6.45, 7) is 3.54. The Morgan fingerprint density at radius 1 is 1.00 bits per heavy atom. The van der Waals surface area contributed by atoms with E-state index in [1.807, 2.05) is 30.3 Å². The van der Waals surface area contributed by atoms with E-state index in [4.69, 9.17) is 4.74 Å². The average Bonchev–Trinajstić information content (AvgIpc) is 3.46. The van der Waals surface area contributed by atoms with Crippen LogP contribution in [0.25, 0.3) is 0 Å². The Morgan fingerprint density at radius 3 is 2.36 bits per heavy atom. The zero-order valence-electron chi connectivity index (χ0n) is 20.2. The Kier molecular flexibility index (Phi) is 6.40. The van der Waals surface area contributed by atoms with E-state index in [0.717, 1.165) is 18.1 Å². The molecular weight excluding hydrogens is 468 g/mol. The van der Waals surface area contributed by atoms with Gasteiger partial charge < -0.3 is 14.5 Å². The number of rotatable bonds is 4. The number of amides is 3. The van der Waals surface area contributed by atoms with Gasteiger partial charge in [0.2, 0.25) is 5.91 Å². The van der Waals surface area contributed by atoms with Gasteiger partial charge >= 0.3 is 6.09 Å². The summed E-state index contributed by atoms with van der Waals surface area (Å²) in [5.41, 5.74) is 0.516. The van der Waals surface area contributed by atoms with Crippen LogP contribution in [-0.2, 0) is 9.53 Å². The molecule has 3 aliphatic rings. The number of hydrogen-bond acceptors (Lipinski definition) is 4. The summed E-state index contributed by atoms with van der Waals surface area (Å²) >= 11 is 0. The van der Waals surface area contributed by atoms with E-state index >= 15 is 0 Å². The molecule has 1 spiro atoms. The minimum absolute atomic E-state index is 0.0506. The largest absolute Gasteiger partial charge is 0.447 e. The second kappa shape index (κ2) is 9.52. The van der Waals surface area contributed by atoms with Crippen molar-refractivity contribution >= 4 is 17.9 Å². The number of carbonyl (C=O) groups excluding carboxylic acids is 3. The maximum Gasteiger partial charge on any atom is 0.410 e. The molecule has 3 saturated heterocycles. The van der Waals surface area contributed by atoms with Crippen molar-refractivity contribution in [2.24, 2.45) is 5.41 Å². The molecule has 0 bridgehead atoms. The van der Waals surface area contributed by atoms with Gasteiger partial charge in [0.25, 0.3) is 5.91 Å². The SMILES string of the molecule is Cc1ccc(F)c(C(=O)N2CCC3(CCN(C(=O)CN4C(=O)OC[C@@H]4c4ccccc4)C3)CC2)c1F. The molecule has 3 heterocycles. The number of cyclic esters (lactones) is 1. The highest BCUT2D eigenvalue weighted by Gasteiger charge is 2.44. The lowest BCUT2D eigenvalue weighted by Gasteiger charge is -2.39. The van der Waals surface area contributed by atoms with Crippen molar-refractivity contribution in [3.05, 3.63) is 70.8 Å². The summed E-state index contributed by atoms with van der Waals surface area (Å²) in [6, 6.07) is 11.7.